The highest BCUT2D eigenvalue weighted by atomic mass is 16.7. The molecule has 4 nitrogen and oxygen atoms in total. The first-order chi connectivity index (χ1) is 11.4. The van der Waals surface area contributed by atoms with E-state index in [9.17, 15) is 4.79 Å². The van der Waals surface area contributed by atoms with Crippen LogP contribution in [0.4, 0.5) is 0 Å². The van der Waals surface area contributed by atoms with Crippen LogP contribution in [0.25, 0.3) is 6.08 Å². The minimum atomic E-state index is -0.113. The Labute approximate surface area is 143 Å². The molecule has 24 heavy (non-hydrogen) atoms. The molecule has 1 aliphatic heterocycles. The maximum absolute atomic E-state index is 12.3. The Balaban J connectivity index is 1.51. The summed E-state index contributed by atoms with van der Waals surface area (Å²) in [4.78, 5) is 12.3. The van der Waals surface area contributed by atoms with Crippen molar-refractivity contribution in [3.8, 4) is 11.5 Å². The standard InChI is InChI=1S/C20H24O4/c1-13(2)10-15-18(20(15,3)4)19(21)22-9-5-6-14-7-8-16-17(11-14)24-12-23-16/h5-8,10-11,15,18H,9,12H2,1-4H3/b6-5-/t15-,18+/m0/s1. The predicted molar refractivity (Wildman–Crippen MR) is 92.8 cm³/mol. The van der Waals surface area contributed by atoms with E-state index in [1.54, 1.807) is 0 Å². The molecule has 128 valence electrons. The number of carbonyl (C=O) groups excluding carboxylic acids is 1. The van der Waals surface area contributed by atoms with Crippen molar-refractivity contribution < 1.29 is 19.0 Å². The van der Waals surface area contributed by atoms with Crippen molar-refractivity contribution in [3.05, 3.63) is 41.5 Å². The van der Waals surface area contributed by atoms with Crippen LogP contribution >= 0.6 is 0 Å². The first kappa shape index (κ1) is 16.6. The van der Waals surface area contributed by atoms with Crippen LogP contribution in [0.15, 0.2) is 35.9 Å². The van der Waals surface area contributed by atoms with Crippen molar-refractivity contribution in [2.75, 3.05) is 13.4 Å². The van der Waals surface area contributed by atoms with Crippen molar-refractivity contribution in [1.82, 2.24) is 0 Å². The summed E-state index contributed by atoms with van der Waals surface area (Å²) >= 11 is 0. The maximum Gasteiger partial charge on any atom is 0.310 e. The molecule has 4 heteroatoms. The van der Waals surface area contributed by atoms with Gasteiger partial charge >= 0.3 is 5.97 Å². The van der Waals surface area contributed by atoms with Gasteiger partial charge in [0.1, 0.15) is 6.61 Å². The van der Waals surface area contributed by atoms with E-state index in [4.69, 9.17) is 14.2 Å². The quantitative estimate of drug-likeness (QED) is 0.600. The molecular formula is C20H24O4. The molecule has 1 heterocycles. The summed E-state index contributed by atoms with van der Waals surface area (Å²) in [5.41, 5.74) is 2.23. The molecule has 0 unspecified atom stereocenters. The molecule has 0 bridgehead atoms. The largest absolute Gasteiger partial charge is 0.461 e. The van der Waals surface area contributed by atoms with Crippen LogP contribution in [0.1, 0.15) is 33.3 Å². The summed E-state index contributed by atoms with van der Waals surface area (Å²) in [5.74, 6) is 1.65. The second kappa shape index (κ2) is 6.34. The van der Waals surface area contributed by atoms with E-state index >= 15 is 0 Å². The highest BCUT2D eigenvalue weighted by Gasteiger charge is 2.61. The number of rotatable bonds is 5. The van der Waals surface area contributed by atoms with Gasteiger partial charge in [-0.1, -0.05) is 37.6 Å². The lowest BCUT2D eigenvalue weighted by atomic mass is 10.1. The molecule has 1 aromatic rings. The van der Waals surface area contributed by atoms with Gasteiger partial charge in [0, 0.05) is 0 Å². The highest BCUT2D eigenvalue weighted by molar-refractivity contribution is 5.78. The molecule has 2 atom stereocenters. The molecular weight excluding hydrogens is 304 g/mol. The molecule has 0 amide bonds. The molecule has 1 saturated carbocycles. The Morgan fingerprint density at radius 1 is 1.29 bits per heavy atom. The first-order valence-corrected chi connectivity index (χ1v) is 8.27. The smallest absolute Gasteiger partial charge is 0.310 e. The first-order valence-electron chi connectivity index (χ1n) is 8.27. The molecule has 0 N–H and O–H groups in total. The van der Waals surface area contributed by atoms with Gasteiger partial charge in [0.05, 0.1) is 5.92 Å². The lowest BCUT2D eigenvalue weighted by Gasteiger charge is -2.03. The van der Waals surface area contributed by atoms with Gasteiger partial charge in [-0.2, -0.15) is 0 Å². The molecule has 1 aliphatic carbocycles. The Morgan fingerprint density at radius 3 is 2.79 bits per heavy atom. The van der Waals surface area contributed by atoms with Crippen LogP contribution in [0.5, 0.6) is 11.5 Å². The Bertz CT molecular complexity index is 696. The predicted octanol–water partition coefficient (Wildman–Crippen LogP) is 4.21. The number of hydrogen-bond donors (Lipinski definition) is 0. The van der Waals surface area contributed by atoms with Gasteiger partial charge in [0.2, 0.25) is 6.79 Å². The zero-order valence-corrected chi connectivity index (χ0v) is 14.7. The number of fused-ring (bicyclic) bond motifs is 1. The van der Waals surface area contributed by atoms with Crippen LogP contribution in [0, 0.1) is 17.3 Å². The van der Waals surface area contributed by atoms with Crippen LogP contribution < -0.4 is 9.47 Å². The van der Waals surface area contributed by atoms with Crippen molar-refractivity contribution in [1.29, 1.82) is 0 Å². The van der Waals surface area contributed by atoms with Gasteiger partial charge in [0.25, 0.3) is 0 Å². The summed E-state index contributed by atoms with van der Waals surface area (Å²) in [6.45, 7) is 8.90. The summed E-state index contributed by atoms with van der Waals surface area (Å²) in [5, 5.41) is 0. The number of esters is 1. The molecule has 0 radical (unpaired) electrons. The van der Waals surface area contributed by atoms with Crippen LogP contribution in [-0.2, 0) is 9.53 Å². The number of ether oxygens (including phenoxy) is 3. The molecule has 0 saturated heterocycles. The van der Waals surface area contributed by atoms with Crippen molar-refractivity contribution >= 4 is 12.0 Å². The SMILES string of the molecule is CC(C)=C[C@H]1[C@H](C(=O)OC/C=C\c2ccc3c(c2)OCO3)C1(C)C. The minimum Gasteiger partial charge on any atom is -0.461 e. The van der Waals surface area contributed by atoms with E-state index in [1.807, 2.05) is 30.4 Å². The Hall–Kier alpha value is -2.23. The second-order valence-corrected chi connectivity index (χ2v) is 7.21. The number of allylic oxidation sites excluding steroid dienone is 2. The monoisotopic (exact) mass is 328 g/mol. The topological polar surface area (TPSA) is 44.8 Å². The van der Waals surface area contributed by atoms with Gasteiger partial charge in [-0.05, 0) is 49.0 Å². The fourth-order valence-corrected chi connectivity index (χ4v) is 3.22. The second-order valence-electron chi connectivity index (χ2n) is 7.21. The lowest BCUT2D eigenvalue weighted by Crippen LogP contribution is -2.10. The third-order valence-electron chi connectivity index (χ3n) is 4.71. The highest BCUT2D eigenvalue weighted by Crippen LogP contribution is 2.59. The van der Waals surface area contributed by atoms with Crippen molar-refractivity contribution in [2.45, 2.75) is 27.7 Å². The summed E-state index contributed by atoms with van der Waals surface area (Å²) in [6, 6.07) is 5.74. The zero-order chi connectivity index (χ0) is 17.3. The molecule has 1 aromatic carbocycles. The van der Waals surface area contributed by atoms with Crippen LogP contribution in [-0.4, -0.2) is 19.4 Å². The van der Waals surface area contributed by atoms with Crippen molar-refractivity contribution in [2.24, 2.45) is 17.3 Å². The third-order valence-corrected chi connectivity index (χ3v) is 4.71. The van der Waals surface area contributed by atoms with Gasteiger partial charge in [0.15, 0.2) is 11.5 Å². The summed E-state index contributed by atoms with van der Waals surface area (Å²) < 4.78 is 16.0. The molecule has 1 fully saturated rings. The van der Waals surface area contributed by atoms with E-state index in [2.05, 4.69) is 33.8 Å². The fourth-order valence-electron chi connectivity index (χ4n) is 3.22. The van der Waals surface area contributed by atoms with E-state index in [0.717, 1.165) is 17.1 Å². The number of carbonyl (C=O) groups is 1. The van der Waals surface area contributed by atoms with Crippen molar-refractivity contribution in [3.63, 3.8) is 0 Å². The summed E-state index contributed by atoms with van der Waals surface area (Å²) in [7, 11) is 0. The van der Waals surface area contributed by atoms with E-state index < -0.39 is 0 Å². The number of benzene rings is 1. The Kier molecular flexibility index (Phi) is 4.39. The van der Waals surface area contributed by atoms with Gasteiger partial charge < -0.3 is 14.2 Å². The average molecular weight is 328 g/mol. The molecule has 3 rings (SSSR count). The number of hydrogen-bond acceptors (Lipinski definition) is 4. The molecule has 0 spiro atoms. The van der Waals surface area contributed by atoms with Gasteiger partial charge in [-0.25, -0.2) is 0 Å². The van der Waals surface area contributed by atoms with E-state index in [0.29, 0.717) is 0 Å². The maximum atomic E-state index is 12.3. The van der Waals surface area contributed by atoms with Gasteiger partial charge in [-0.3, -0.25) is 4.79 Å². The molecule has 2 aliphatic rings. The van der Waals surface area contributed by atoms with E-state index in [-0.39, 0.29) is 36.6 Å². The van der Waals surface area contributed by atoms with Crippen LogP contribution in [0.2, 0.25) is 0 Å². The van der Waals surface area contributed by atoms with E-state index in [1.165, 1.54) is 5.57 Å². The van der Waals surface area contributed by atoms with Crippen LogP contribution in [0.3, 0.4) is 0 Å². The third kappa shape index (κ3) is 3.32. The van der Waals surface area contributed by atoms with Gasteiger partial charge in [-0.15, -0.1) is 0 Å². The normalized spacial score (nSPS) is 23.2. The Morgan fingerprint density at radius 2 is 2.04 bits per heavy atom. The summed E-state index contributed by atoms with van der Waals surface area (Å²) in [6.07, 6.45) is 5.94. The zero-order valence-electron chi connectivity index (χ0n) is 14.7. The fraction of sp³-hybridized carbons (Fsp3) is 0.450. The average Bonchev–Trinajstić information content (AvgIpc) is 2.87. The lowest BCUT2D eigenvalue weighted by molar-refractivity contribution is -0.144. The minimum absolute atomic E-state index is 0.00457. The molecule has 0 aromatic heterocycles.